The zero-order chi connectivity index (χ0) is 21.3. The molecule has 3 aromatic rings. The van der Waals surface area contributed by atoms with Gasteiger partial charge in [-0.2, -0.15) is 0 Å². The molecule has 0 amide bonds. The first-order valence-electron chi connectivity index (χ1n) is 11.2. The lowest BCUT2D eigenvalue weighted by Gasteiger charge is -2.30. The van der Waals surface area contributed by atoms with Crippen LogP contribution in [0.5, 0.6) is 0 Å². The van der Waals surface area contributed by atoms with Crippen molar-refractivity contribution >= 4 is 10.9 Å². The summed E-state index contributed by atoms with van der Waals surface area (Å²) in [6.07, 6.45) is 5.72. The first-order valence-corrected chi connectivity index (χ1v) is 11.2. The number of fused-ring (bicyclic) bond motifs is 1. The van der Waals surface area contributed by atoms with E-state index in [0.717, 1.165) is 60.2 Å². The summed E-state index contributed by atoms with van der Waals surface area (Å²) in [6, 6.07) is 8.01. The van der Waals surface area contributed by atoms with E-state index < -0.39 is 0 Å². The summed E-state index contributed by atoms with van der Waals surface area (Å²) in [5, 5.41) is 13.9. The van der Waals surface area contributed by atoms with E-state index in [1.165, 1.54) is 17.7 Å². The molecule has 1 fully saturated rings. The Balaban J connectivity index is 1.91. The Labute approximate surface area is 177 Å². The van der Waals surface area contributed by atoms with Crippen LogP contribution in [-0.4, -0.2) is 38.3 Å². The van der Waals surface area contributed by atoms with Gasteiger partial charge in [-0.3, -0.25) is 4.79 Å². The SMILES string of the molecule is CCC(C)(C)n1nnnc1[C@@H](c1cc2cccc(C)c2[nH]c1=O)[NH+]1CCCCCC1. The molecule has 1 atom stereocenters. The predicted molar refractivity (Wildman–Crippen MR) is 118 cm³/mol. The Bertz CT molecular complexity index is 1070. The number of hydrogen-bond acceptors (Lipinski definition) is 4. The fourth-order valence-corrected chi connectivity index (χ4v) is 4.58. The highest BCUT2D eigenvalue weighted by Crippen LogP contribution is 2.25. The van der Waals surface area contributed by atoms with E-state index in [0.29, 0.717) is 0 Å². The Morgan fingerprint density at radius 3 is 2.63 bits per heavy atom. The van der Waals surface area contributed by atoms with E-state index in [1.807, 2.05) is 23.7 Å². The van der Waals surface area contributed by atoms with Gasteiger partial charge in [0.2, 0.25) is 5.82 Å². The van der Waals surface area contributed by atoms with Gasteiger partial charge in [-0.05, 0) is 80.3 Å². The lowest BCUT2D eigenvalue weighted by Crippen LogP contribution is -3.12. The maximum absolute atomic E-state index is 13.3. The first-order chi connectivity index (χ1) is 14.4. The van der Waals surface area contributed by atoms with Crippen LogP contribution in [0.1, 0.15) is 75.9 Å². The number of nitrogens with one attached hydrogen (secondary N) is 2. The summed E-state index contributed by atoms with van der Waals surface area (Å²) in [5.41, 5.74) is 2.48. The van der Waals surface area contributed by atoms with E-state index in [2.05, 4.69) is 53.4 Å². The number of likely N-dealkylation sites (tertiary alicyclic amines) is 1. The van der Waals surface area contributed by atoms with Gasteiger partial charge in [-0.25, -0.2) is 4.68 Å². The van der Waals surface area contributed by atoms with Gasteiger partial charge in [0.05, 0.1) is 29.7 Å². The Kier molecular flexibility index (Phi) is 5.73. The third-order valence-corrected chi connectivity index (χ3v) is 6.77. The van der Waals surface area contributed by atoms with Crippen molar-refractivity contribution in [3.8, 4) is 0 Å². The zero-order valence-corrected chi connectivity index (χ0v) is 18.5. The summed E-state index contributed by atoms with van der Waals surface area (Å²) in [5.74, 6) is 0.788. The Morgan fingerprint density at radius 2 is 1.93 bits per heavy atom. The molecule has 0 saturated carbocycles. The van der Waals surface area contributed by atoms with Crippen LogP contribution in [-0.2, 0) is 5.54 Å². The molecule has 2 N–H and O–H groups in total. The number of quaternary nitrogens is 1. The number of aryl methyl sites for hydroxylation is 1. The standard InChI is InChI=1S/C23H32N6O/c1-5-23(3,4)29-21(25-26-27-29)20(28-13-8-6-7-9-14-28)18-15-17-12-10-11-16(2)19(17)24-22(18)30/h10-12,15,20H,5-9,13-14H2,1-4H3,(H,24,30)/p+1/t20-/m1/s1. The molecule has 2 aromatic heterocycles. The predicted octanol–water partition coefficient (Wildman–Crippen LogP) is 2.52. The Hall–Kier alpha value is -2.54. The maximum atomic E-state index is 13.3. The van der Waals surface area contributed by atoms with Crippen molar-refractivity contribution < 1.29 is 4.90 Å². The quantitative estimate of drug-likeness (QED) is 0.679. The Morgan fingerprint density at radius 1 is 1.20 bits per heavy atom. The van der Waals surface area contributed by atoms with Crippen molar-refractivity contribution in [3.05, 3.63) is 51.6 Å². The van der Waals surface area contributed by atoms with Crippen LogP contribution in [0.3, 0.4) is 0 Å². The number of para-hydroxylation sites is 1. The molecule has 0 radical (unpaired) electrons. The van der Waals surface area contributed by atoms with E-state index in [4.69, 9.17) is 0 Å². The summed E-state index contributed by atoms with van der Waals surface area (Å²) >= 11 is 0. The van der Waals surface area contributed by atoms with Crippen LogP contribution in [0.15, 0.2) is 29.1 Å². The minimum Gasteiger partial charge on any atom is -0.322 e. The second-order valence-electron chi connectivity index (χ2n) is 9.21. The van der Waals surface area contributed by atoms with Crippen LogP contribution < -0.4 is 10.5 Å². The molecule has 7 heteroatoms. The van der Waals surface area contributed by atoms with Gasteiger partial charge >= 0.3 is 0 Å². The molecule has 1 aliphatic rings. The second kappa shape index (κ2) is 8.30. The van der Waals surface area contributed by atoms with Crippen molar-refractivity contribution in [2.45, 2.75) is 71.4 Å². The van der Waals surface area contributed by atoms with Crippen LogP contribution >= 0.6 is 0 Å². The molecular formula is C23H33N6O+. The summed E-state index contributed by atoms with van der Waals surface area (Å²) in [4.78, 5) is 17.9. The van der Waals surface area contributed by atoms with Gasteiger partial charge in [-0.15, -0.1) is 5.10 Å². The molecule has 1 aliphatic heterocycles. The fraction of sp³-hybridized carbons (Fsp3) is 0.565. The average molecular weight is 410 g/mol. The zero-order valence-electron chi connectivity index (χ0n) is 18.5. The third-order valence-electron chi connectivity index (χ3n) is 6.77. The van der Waals surface area contributed by atoms with Gasteiger partial charge in [0.15, 0.2) is 6.04 Å². The molecule has 0 spiro atoms. The molecular weight excluding hydrogens is 376 g/mol. The highest BCUT2D eigenvalue weighted by atomic mass is 16.1. The smallest absolute Gasteiger partial charge is 0.258 e. The summed E-state index contributed by atoms with van der Waals surface area (Å²) in [7, 11) is 0. The van der Waals surface area contributed by atoms with Crippen molar-refractivity contribution in [2.24, 2.45) is 0 Å². The molecule has 1 saturated heterocycles. The monoisotopic (exact) mass is 409 g/mol. The van der Waals surface area contributed by atoms with E-state index in [9.17, 15) is 4.79 Å². The van der Waals surface area contributed by atoms with Crippen LogP contribution in [0, 0.1) is 6.92 Å². The number of hydrogen-bond donors (Lipinski definition) is 2. The molecule has 7 nitrogen and oxygen atoms in total. The topological polar surface area (TPSA) is 80.9 Å². The number of aromatic amines is 1. The highest BCUT2D eigenvalue weighted by molar-refractivity contribution is 5.82. The minimum atomic E-state index is -0.220. The average Bonchev–Trinajstić information content (AvgIpc) is 3.06. The van der Waals surface area contributed by atoms with Gasteiger partial charge < -0.3 is 9.88 Å². The third kappa shape index (κ3) is 3.78. The molecule has 30 heavy (non-hydrogen) atoms. The molecule has 160 valence electrons. The molecule has 4 rings (SSSR count). The second-order valence-corrected chi connectivity index (χ2v) is 9.21. The number of nitrogens with zero attached hydrogens (tertiary/aromatic N) is 4. The lowest BCUT2D eigenvalue weighted by molar-refractivity contribution is -0.925. The number of aromatic nitrogens is 5. The lowest BCUT2D eigenvalue weighted by atomic mass is 9.98. The van der Waals surface area contributed by atoms with Crippen LogP contribution in [0.4, 0.5) is 0 Å². The maximum Gasteiger partial charge on any atom is 0.258 e. The number of benzene rings is 1. The molecule has 0 unspecified atom stereocenters. The normalized spacial score (nSPS) is 17.2. The largest absolute Gasteiger partial charge is 0.322 e. The van der Waals surface area contributed by atoms with Crippen molar-refractivity contribution in [3.63, 3.8) is 0 Å². The highest BCUT2D eigenvalue weighted by Gasteiger charge is 2.37. The molecule has 0 bridgehead atoms. The number of H-pyrrole nitrogens is 1. The van der Waals surface area contributed by atoms with E-state index in [1.54, 1.807) is 0 Å². The van der Waals surface area contributed by atoms with Crippen molar-refractivity contribution in [1.82, 2.24) is 25.2 Å². The summed E-state index contributed by atoms with van der Waals surface area (Å²) < 4.78 is 1.94. The molecule has 0 aliphatic carbocycles. The van der Waals surface area contributed by atoms with Crippen LogP contribution in [0.2, 0.25) is 0 Å². The van der Waals surface area contributed by atoms with Crippen molar-refractivity contribution in [1.29, 1.82) is 0 Å². The van der Waals surface area contributed by atoms with Gasteiger partial charge in [-0.1, -0.05) is 25.1 Å². The van der Waals surface area contributed by atoms with Gasteiger partial charge in [0.1, 0.15) is 0 Å². The molecule has 1 aromatic carbocycles. The minimum absolute atomic E-state index is 0.0394. The summed E-state index contributed by atoms with van der Waals surface area (Å²) in [6.45, 7) is 10.5. The first kappa shape index (κ1) is 20.7. The van der Waals surface area contributed by atoms with E-state index in [-0.39, 0.29) is 17.1 Å². The van der Waals surface area contributed by atoms with Gasteiger partial charge in [0, 0.05) is 0 Å². The number of pyridine rings is 1. The van der Waals surface area contributed by atoms with Crippen molar-refractivity contribution in [2.75, 3.05) is 13.1 Å². The number of rotatable bonds is 5. The number of tetrazole rings is 1. The van der Waals surface area contributed by atoms with Crippen LogP contribution in [0.25, 0.3) is 10.9 Å². The molecule has 3 heterocycles. The van der Waals surface area contributed by atoms with Gasteiger partial charge in [0.25, 0.3) is 5.56 Å². The van der Waals surface area contributed by atoms with E-state index >= 15 is 0 Å². The fourth-order valence-electron chi connectivity index (χ4n) is 4.58.